The van der Waals surface area contributed by atoms with Crippen molar-refractivity contribution < 1.29 is 4.74 Å². The highest BCUT2D eigenvalue weighted by Gasteiger charge is 2.10. The Morgan fingerprint density at radius 2 is 2.00 bits per heavy atom. The first kappa shape index (κ1) is 15.6. The standard InChI is InChI=1S/C17H25N3O/c1-13(2)20-12-18-10-16(20)11-19-14(3)9-15-7-5-6-8-17(15)21-4/h5-8,10,12-14,19H,9,11H2,1-4H3. The van der Waals surface area contributed by atoms with Crippen molar-refractivity contribution >= 4 is 0 Å². The van der Waals surface area contributed by atoms with Gasteiger partial charge in [0.25, 0.3) is 0 Å². The van der Waals surface area contributed by atoms with Crippen molar-refractivity contribution in [3.8, 4) is 5.75 Å². The molecule has 0 radical (unpaired) electrons. The van der Waals surface area contributed by atoms with Gasteiger partial charge in [0.2, 0.25) is 0 Å². The van der Waals surface area contributed by atoms with Gasteiger partial charge in [0, 0.05) is 24.8 Å². The molecular weight excluding hydrogens is 262 g/mol. The van der Waals surface area contributed by atoms with Crippen molar-refractivity contribution in [1.82, 2.24) is 14.9 Å². The van der Waals surface area contributed by atoms with Crippen LogP contribution in [0.1, 0.15) is 38.1 Å². The van der Waals surface area contributed by atoms with Crippen LogP contribution in [0.15, 0.2) is 36.8 Å². The molecule has 0 aliphatic carbocycles. The van der Waals surface area contributed by atoms with E-state index < -0.39 is 0 Å². The van der Waals surface area contributed by atoms with Gasteiger partial charge in [0.15, 0.2) is 0 Å². The predicted molar refractivity (Wildman–Crippen MR) is 85.6 cm³/mol. The average molecular weight is 287 g/mol. The topological polar surface area (TPSA) is 39.1 Å². The number of aromatic nitrogens is 2. The SMILES string of the molecule is COc1ccccc1CC(C)NCc1cncn1C(C)C. The Balaban J connectivity index is 1.93. The molecule has 0 saturated carbocycles. The number of hydrogen-bond donors (Lipinski definition) is 1. The number of imidazole rings is 1. The summed E-state index contributed by atoms with van der Waals surface area (Å²) in [5.41, 5.74) is 2.45. The molecule has 1 unspecified atom stereocenters. The molecular formula is C17H25N3O. The van der Waals surface area contributed by atoms with Crippen LogP contribution in [0.4, 0.5) is 0 Å². The summed E-state index contributed by atoms with van der Waals surface area (Å²) in [5, 5.41) is 3.56. The van der Waals surface area contributed by atoms with E-state index in [-0.39, 0.29) is 0 Å². The Labute approximate surface area is 127 Å². The molecule has 2 rings (SSSR count). The summed E-state index contributed by atoms with van der Waals surface area (Å²) >= 11 is 0. The summed E-state index contributed by atoms with van der Waals surface area (Å²) in [5.74, 6) is 0.957. The normalized spacial score (nSPS) is 12.6. The maximum atomic E-state index is 5.41. The van der Waals surface area contributed by atoms with Gasteiger partial charge in [-0.25, -0.2) is 4.98 Å². The lowest BCUT2D eigenvalue weighted by Crippen LogP contribution is -2.28. The van der Waals surface area contributed by atoms with E-state index >= 15 is 0 Å². The number of nitrogens with one attached hydrogen (secondary N) is 1. The van der Waals surface area contributed by atoms with E-state index in [0.29, 0.717) is 12.1 Å². The van der Waals surface area contributed by atoms with Crippen LogP contribution in [-0.4, -0.2) is 22.7 Å². The van der Waals surface area contributed by atoms with Crippen LogP contribution in [0, 0.1) is 0 Å². The summed E-state index contributed by atoms with van der Waals surface area (Å²) in [6.07, 6.45) is 4.77. The molecule has 1 aromatic carbocycles. The summed E-state index contributed by atoms with van der Waals surface area (Å²) < 4.78 is 7.60. The molecule has 1 N–H and O–H groups in total. The Morgan fingerprint density at radius 3 is 2.71 bits per heavy atom. The Kier molecular flexibility index (Phi) is 5.39. The van der Waals surface area contributed by atoms with Crippen LogP contribution in [-0.2, 0) is 13.0 Å². The zero-order chi connectivity index (χ0) is 15.2. The van der Waals surface area contributed by atoms with E-state index in [1.54, 1.807) is 7.11 Å². The second-order valence-electron chi connectivity index (χ2n) is 5.68. The Hall–Kier alpha value is -1.81. The fourth-order valence-electron chi connectivity index (χ4n) is 2.49. The quantitative estimate of drug-likeness (QED) is 0.850. The van der Waals surface area contributed by atoms with Crippen LogP contribution >= 0.6 is 0 Å². The van der Waals surface area contributed by atoms with Gasteiger partial charge in [0.1, 0.15) is 5.75 Å². The zero-order valence-electron chi connectivity index (χ0n) is 13.3. The van der Waals surface area contributed by atoms with Gasteiger partial charge in [0.05, 0.1) is 19.1 Å². The van der Waals surface area contributed by atoms with Crippen LogP contribution in [0.25, 0.3) is 0 Å². The number of para-hydroxylation sites is 1. The molecule has 0 aliphatic rings. The first-order valence-corrected chi connectivity index (χ1v) is 7.47. The fraction of sp³-hybridized carbons (Fsp3) is 0.471. The number of benzene rings is 1. The monoisotopic (exact) mass is 287 g/mol. The van der Waals surface area contributed by atoms with Gasteiger partial charge in [-0.1, -0.05) is 18.2 Å². The molecule has 0 saturated heterocycles. The third-order valence-corrected chi connectivity index (χ3v) is 3.65. The lowest BCUT2D eigenvalue weighted by molar-refractivity contribution is 0.405. The van der Waals surface area contributed by atoms with Crippen LogP contribution in [0.2, 0.25) is 0 Å². The maximum absolute atomic E-state index is 5.41. The maximum Gasteiger partial charge on any atom is 0.122 e. The van der Waals surface area contributed by atoms with Crippen molar-refractivity contribution in [2.75, 3.05) is 7.11 Å². The first-order valence-electron chi connectivity index (χ1n) is 7.47. The van der Waals surface area contributed by atoms with Gasteiger partial charge in [-0.05, 0) is 38.8 Å². The number of nitrogens with zero attached hydrogens (tertiary/aromatic N) is 2. The molecule has 4 nitrogen and oxygen atoms in total. The fourth-order valence-corrected chi connectivity index (χ4v) is 2.49. The van der Waals surface area contributed by atoms with Crippen molar-refractivity contribution in [1.29, 1.82) is 0 Å². The second kappa shape index (κ2) is 7.27. The molecule has 4 heteroatoms. The molecule has 0 spiro atoms. The zero-order valence-corrected chi connectivity index (χ0v) is 13.3. The summed E-state index contributed by atoms with van der Waals surface area (Å²) in [6, 6.07) is 9.00. The third kappa shape index (κ3) is 4.08. The van der Waals surface area contributed by atoms with Crippen LogP contribution in [0.5, 0.6) is 5.75 Å². The van der Waals surface area contributed by atoms with E-state index in [1.807, 2.05) is 24.7 Å². The molecule has 21 heavy (non-hydrogen) atoms. The van der Waals surface area contributed by atoms with Gasteiger partial charge in [-0.15, -0.1) is 0 Å². The average Bonchev–Trinajstić information content (AvgIpc) is 2.94. The lowest BCUT2D eigenvalue weighted by Gasteiger charge is -2.17. The van der Waals surface area contributed by atoms with Crippen molar-refractivity contribution in [3.63, 3.8) is 0 Å². The van der Waals surface area contributed by atoms with E-state index in [2.05, 4.69) is 47.8 Å². The molecule has 0 amide bonds. The Bertz CT molecular complexity index is 563. The first-order chi connectivity index (χ1) is 10.1. The second-order valence-corrected chi connectivity index (χ2v) is 5.68. The number of rotatable bonds is 7. The minimum Gasteiger partial charge on any atom is -0.496 e. The molecule has 0 aliphatic heterocycles. The van der Waals surface area contributed by atoms with E-state index in [4.69, 9.17) is 4.74 Å². The Morgan fingerprint density at radius 1 is 1.24 bits per heavy atom. The minimum atomic E-state index is 0.372. The molecule has 0 fully saturated rings. The van der Waals surface area contributed by atoms with E-state index in [9.17, 15) is 0 Å². The van der Waals surface area contributed by atoms with Crippen LogP contribution in [0.3, 0.4) is 0 Å². The molecule has 1 heterocycles. The number of hydrogen-bond acceptors (Lipinski definition) is 3. The largest absolute Gasteiger partial charge is 0.496 e. The number of ether oxygens (including phenoxy) is 1. The smallest absolute Gasteiger partial charge is 0.122 e. The van der Waals surface area contributed by atoms with Crippen molar-refractivity contribution in [3.05, 3.63) is 48.0 Å². The highest BCUT2D eigenvalue weighted by Crippen LogP contribution is 2.19. The predicted octanol–water partition coefficient (Wildman–Crippen LogP) is 3.19. The van der Waals surface area contributed by atoms with Gasteiger partial charge in [-0.3, -0.25) is 0 Å². The summed E-state index contributed by atoms with van der Waals surface area (Å²) in [4.78, 5) is 4.24. The van der Waals surface area contributed by atoms with Gasteiger partial charge >= 0.3 is 0 Å². The molecule has 1 aromatic heterocycles. The molecule has 114 valence electrons. The third-order valence-electron chi connectivity index (χ3n) is 3.65. The summed E-state index contributed by atoms with van der Waals surface area (Å²) in [7, 11) is 1.72. The lowest BCUT2D eigenvalue weighted by atomic mass is 10.1. The highest BCUT2D eigenvalue weighted by atomic mass is 16.5. The van der Waals surface area contributed by atoms with E-state index in [1.165, 1.54) is 11.3 Å². The van der Waals surface area contributed by atoms with E-state index in [0.717, 1.165) is 18.7 Å². The number of methoxy groups -OCH3 is 1. The molecule has 2 aromatic rings. The van der Waals surface area contributed by atoms with Crippen molar-refractivity contribution in [2.24, 2.45) is 0 Å². The molecule has 0 bridgehead atoms. The molecule has 1 atom stereocenters. The van der Waals surface area contributed by atoms with Gasteiger partial charge in [-0.2, -0.15) is 0 Å². The van der Waals surface area contributed by atoms with Gasteiger partial charge < -0.3 is 14.6 Å². The van der Waals surface area contributed by atoms with Crippen molar-refractivity contribution in [2.45, 2.75) is 45.8 Å². The minimum absolute atomic E-state index is 0.372. The summed E-state index contributed by atoms with van der Waals surface area (Å²) in [6.45, 7) is 7.36. The van der Waals surface area contributed by atoms with Crippen LogP contribution < -0.4 is 10.1 Å². The highest BCUT2D eigenvalue weighted by molar-refractivity contribution is 5.33.